The Morgan fingerprint density at radius 1 is 1.50 bits per heavy atom. The molecular formula is C12H13FN2O5. The van der Waals surface area contributed by atoms with Crippen molar-refractivity contribution in [1.29, 1.82) is 0 Å². The summed E-state index contributed by atoms with van der Waals surface area (Å²) in [6.45, 7) is 1.74. The monoisotopic (exact) mass is 284 g/mol. The molecule has 1 aromatic carbocycles. The van der Waals surface area contributed by atoms with E-state index < -0.39 is 39.9 Å². The fourth-order valence-corrected chi connectivity index (χ4v) is 1.58. The Kier molecular flexibility index (Phi) is 5.13. The number of benzene rings is 1. The molecule has 0 heterocycles. The Balaban J connectivity index is 2.92. The topological polar surface area (TPSA) is 110 Å². The molecule has 108 valence electrons. The highest BCUT2D eigenvalue weighted by molar-refractivity contribution is 5.97. The van der Waals surface area contributed by atoms with Crippen LogP contribution < -0.4 is 5.32 Å². The molecule has 7 nitrogen and oxygen atoms in total. The van der Waals surface area contributed by atoms with Gasteiger partial charge in [-0.1, -0.05) is 13.3 Å². The normalized spacial score (nSPS) is 11.7. The Morgan fingerprint density at radius 2 is 2.15 bits per heavy atom. The first kappa shape index (κ1) is 15.5. The third-order valence-corrected chi connectivity index (χ3v) is 2.59. The predicted octanol–water partition coefficient (Wildman–Crippen LogP) is 1.72. The van der Waals surface area contributed by atoms with Gasteiger partial charge in [-0.25, -0.2) is 9.18 Å². The lowest BCUT2D eigenvalue weighted by atomic mass is 10.1. The average Bonchev–Trinajstić information content (AvgIpc) is 2.37. The van der Waals surface area contributed by atoms with Gasteiger partial charge in [0.25, 0.3) is 11.6 Å². The molecule has 2 N–H and O–H groups in total. The van der Waals surface area contributed by atoms with Gasteiger partial charge in [-0.05, 0) is 12.5 Å². The first-order valence-electron chi connectivity index (χ1n) is 5.84. The quantitative estimate of drug-likeness (QED) is 0.610. The van der Waals surface area contributed by atoms with Crippen molar-refractivity contribution < 1.29 is 24.0 Å². The van der Waals surface area contributed by atoms with E-state index >= 15 is 0 Å². The predicted molar refractivity (Wildman–Crippen MR) is 66.9 cm³/mol. The number of carboxylic acids is 1. The number of hydrogen-bond acceptors (Lipinski definition) is 4. The summed E-state index contributed by atoms with van der Waals surface area (Å²) in [5.41, 5.74) is -0.916. The molecular weight excluding hydrogens is 271 g/mol. The number of amides is 1. The highest BCUT2D eigenvalue weighted by atomic mass is 19.1. The third-order valence-electron chi connectivity index (χ3n) is 2.59. The summed E-state index contributed by atoms with van der Waals surface area (Å²) < 4.78 is 13.6. The van der Waals surface area contributed by atoms with Gasteiger partial charge in [0.05, 0.1) is 16.6 Å². The van der Waals surface area contributed by atoms with Gasteiger partial charge in [0.15, 0.2) is 0 Å². The van der Waals surface area contributed by atoms with Crippen LogP contribution in [0.5, 0.6) is 0 Å². The van der Waals surface area contributed by atoms with E-state index in [1.165, 1.54) is 0 Å². The van der Waals surface area contributed by atoms with Gasteiger partial charge in [-0.2, -0.15) is 0 Å². The Labute approximate surface area is 113 Å². The fourth-order valence-electron chi connectivity index (χ4n) is 1.58. The molecule has 20 heavy (non-hydrogen) atoms. The molecule has 8 heteroatoms. The average molecular weight is 284 g/mol. The number of carbonyl (C=O) groups is 2. The van der Waals surface area contributed by atoms with E-state index in [1.54, 1.807) is 6.92 Å². The number of halogens is 1. The molecule has 0 aromatic heterocycles. The number of carboxylic acid groups (broad SMARTS) is 1. The molecule has 0 fully saturated rings. The number of aliphatic carboxylic acids is 1. The maximum atomic E-state index is 13.6. The zero-order chi connectivity index (χ0) is 15.3. The lowest BCUT2D eigenvalue weighted by Crippen LogP contribution is -2.40. The number of nitro groups is 1. The minimum Gasteiger partial charge on any atom is -0.480 e. The molecule has 1 aromatic rings. The minimum atomic E-state index is -1.22. The van der Waals surface area contributed by atoms with Gasteiger partial charge in [-0.3, -0.25) is 14.9 Å². The van der Waals surface area contributed by atoms with Gasteiger partial charge in [-0.15, -0.1) is 0 Å². The first-order chi connectivity index (χ1) is 9.36. The van der Waals surface area contributed by atoms with Gasteiger partial charge in [0.1, 0.15) is 11.9 Å². The van der Waals surface area contributed by atoms with Crippen molar-refractivity contribution in [3.63, 3.8) is 0 Å². The number of nitro benzene ring substituents is 1. The highest BCUT2D eigenvalue weighted by Gasteiger charge is 2.22. The maximum Gasteiger partial charge on any atom is 0.326 e. The molecule has 1 atom stereocenters. The number of rotatable bonds is 6. The first-order valence-corrected chi connectivity index (χ1v) is 5.84. The lowest BCUT2D eigenvalue weighted by Gasteiger charge is -2.13. The van der Waals surface area contributed by atoms with Crippen LogP contribution in [0.15, 0.2) is 18.2 Å². The molecule has 0 aliphatic rings. The zero-order valence-corrected chi connectivity index (χ0v) is 10.6. The van der Waals surface area contributed by atoms with Crippen molar-refractivity contribution in [2.75, 3.05) is 0 Å². The number of nitrogens with one attached hydrogen (secondary N) is 1. The van der Waals surface area contributed by atoms with Crippen LogP contribution in [-0.2, 0) is 4.79 Å². The van der Waals surface area contributed by atoms with Crippen molar-refractivity contribution in [3.05, 3.63) is 39.7 Å². The molecule has 0 aliphatic carbocycles. The second-order valence-corrected chi connectivity index (χ2v) is 4.07. The van der Waals surface area contributed by atoms with Crippen LogP contribution in [0, 0.1) is 15.9 Å². The summed E-state index contributed by atoms with van der Waals surface area (Å²) in [5.74, 6) is -3.21. The Hall–Kier alpha value is -2.51. The Bertz CT molecular complexity index is 547. The molecule has 0 bridgehead atoms. The van der Waals surface area contributed by atoms with Gasteiger partial charge in [0, 0.05) is 6.07 Å². The van der Waals surface area contributed by atoms with Gasteiger partial charge >= 0.3 is 5.97 Å². The summed E-state index contributed by atoms with van der Waals surface area (Å²) >= 11 is 0. The molecule has 0 radical (unpaired) electrons. The highest BCUT2D eigenvalue weighted by Crippen LogP contribution is 2.16. The molecule has 0 saturated carbocycles. The number of nitrogens with zero attached hydrogens (tertiary/aromatic N) is 1. The van der Waals surface area contributed by atoms with Crippen LogP contribution >= 0.6 is 0 Å². The van der Waals surface area contributed by atoms with Crippen LogP contribution in [0.4, 0.5) is 10.1 Å². The van der Waals surface area contributed by atoms with Gasteiger partial charge in [0.2, 0.25) is 0 Å². The number of hydrogen-bond donors (Lipinski definition) is 2. The van der Waals surface area contributed by atoms with Crippen LogP contribution in [0.1, 0.15) is 30.1 Å². The number of carbonyl (C=O) groups excluding carboxylic acids is 1. The summed E-state index contributed by atoms with van der Waals surface area (Å²) in [6, 6.07) is 1.42. The summed E-state index contributed by atoms with van der Waals surface area (Å²) in [6.07, 6.45) is 0.732. The molecule has 0 saturated heterocycles. The van der Waals surface area contributed by atoms with Crippen LogP contribution in [0.25, 0.3) is 0 Å². The fraction of sp³-hybridized carbons (Fsp3) is 0.333. The van der Waals surface area contributed by atoms with Gasteiger partial charge < -0.3 is 10.4 Å². The van der Waals surface area contributed by atoms with E-state index in [9.17, 15) is 24.1 Å². The summed E-state index contributed by atoms with van der Waals surface area (Å²) in [4.78, 5) is 32.3. The molecule has 1 unspecified atom stereocenters. The molecule has 0 aliphatic heterocycles. The maximum absolute atomic E-state index is 13.6. The second kappa shape index (κ2) is 6.60. The third kappa shape index (κ3) is 3.74. The van der Waals surface area contributed by atoms with E-state index in [-0.39, 0.29) is 6.42 Å². The Morgan fingerprint density at radius 3 is 2.60 bits per heavy atom. The van der Waals surface area contributed by atoms with Crippen molar-refractivity contribution in [1.82, 2.24) is 5.32 Å². The summed E-state index contributed by atoms with van der Waals surface area (Å²) in [5, 5.41) is 21.5. The van der Waals surface area contributed by atoms with E-state index in [1.807, 2.05) is 0 Å². The molecule has 1 amide bonds. The number of non-ortho nitro benzene ring substituents is 1. The van der Waals surface area contributed by atoms with Crippen LogP contribution in [-0.4, -0.2) is 27.9 Å². The van der Waals surface area contributed by atoms with E-state index in [0.29, 0.717) is 12.5 Å². The largest absolute Gasteiger partial charge is 0.480 e. The summed E-state index contributed by atoms with van der Waals surface area (Å²) in [7, 11) is 0. The van der Waals surface area contributed by atoms with E-state index in [2.05, 4.69) is 5.32 Å². The van der Waals surface area contributed by atoms with E-state index in [0.717, 1.165) is 12.1 Å². The molecule has 0 spiro atoms. The van der Waals surface area contributed by atoms with Crippen LogP contribution in [0.3, 0.4) is 0 Å². The zero-order valence-electron chi connectivity index (χ0n) is 10.6. The SMILES string of the molecule is CCCC(NC(=O)c1ccc([N+](=O)[O-])cc1F)C(=O)O. The van der Waals surface area contributed by atoms with Crippen molar-refractivity contribution in [3.8, 4) is 0 Å². The standard InChI is InChI=1S/C12H13FN2O5/c1-2-3-10(12(17)18)14-11(16)8-5-4-7(15(19)20)6-9(8)13/h4-6,10H,2-3H2,1H3,(H,14,16)(H,17,18). The second-order valence-electron chi connectivity index (χ2n) is 4.07. The molecule has 1 rings (SSSR count). The van der Waals surface area contributed by atoms with Crippen molar-refractivity contribution >= 4 is 17.6 Å². The van der Waals surface area contributed by atoms with E-state index in [4.69, 9.17) is 5.11 Å². The minimum absolute atomic E-state index is 0.204. The smallest absolute Gasteiger partial charge is 0.326 e. The lowest BCUT2D eigenvalue weighted by molar-refractivity contribution is -0.385. The van der Waals surface area contributed by atoms with Crippen molar-refractivity contribution in [2.45, 2.75) is 25.8 Å². The van der Waals surface area contributed by atoms with Crippen molar-refractivity contribution in [2.24, 2.45) is 0 Å². The van der Waals surface area contributed by atoms with Crippen LogP contribution in [0.2, 0.25) is 0 Å².